The number of carboxylic acids is 1. The highest BCUT2D eigenvalue weighted by molar-refractivity contribution is 8.03. The van der Waals surface area contributed by atoms with Gasteiger partial charge >= 0.3 is 5.97 Å². The van der Waals surface area contributed by atoms with Crippen molar-refractivity contribution in [1.82, 2.24) is 19.4 Å². The quantitative estimate of drug-likeness (QED) is 0.632. The second-order valence-electron chi connectivity index (χ2n) is 7.04. The number of hydrogen-bond acceptors (Lipinski definition) is 5. The van der Waals surface area contributed by atoms with Gasteiger partial charge in [0.2, 0.25) is 0 Å². The van der Waals surface area contributed by atoms with Gasteiger partial charge in [-0.2, -0.15) is 0 Å². The summed E-state index contributed by atoms with van der Waals surface area (Å²) >= 11 is 1.35. The topological polar surface area (TPSA) is 78.7 Å². The van der Waals surface area contributed by atoms with Crippen molar-refractivity contribution in [2.45, 2.75) is 25.0 Å². The van der Waals surface area contributed by atoms with Crippen molar-refractivity contribution in [2.24, 2.45) is 0 Å². The summed E-state index contributed by atoms with van der Waals surface area (Å²) in [5.41, 5.74) is 2.70. The van der Waals surface area contributed by atoms with Gasteiger partial charge in [-0.25, -0.2) is 9.78 Å². The molecule has 28 heavy (non-hydrogen) atoms. The lowest BCUT2D eigenvalue weighted by Crippen LogP contribution is -2.51. The SMILES string of the molecule is O=C(O)C1=CSC2C(=Cc3cn4c(n3)CN(Cc3ccccc3)CC4)C(=O)N12. The van der Waals surface area contributed by atoms with E-state index in [0.717, 1.165) is 37.7 Å². The summed E-state index contributed by atoms with van der Waals surface area (Å²) in [6.45, 7) is 3.47. The lowest BCUT2D eigenvalue weighted by atomic mass is 10.0. The fourth-order valence-electron chi connectivity index (χ4n) is 3.80. The van der Waals surface area contributed by atoms with Crippen LogP contribution in [0.1, 0.15) is 17.1 Å². The zero-order valence-electron chi connectivity index (χ0n) is 15.0. The third-order valence-electron chi connectivity index (χ3n) is 5.21. The first-order valence-electron chi connectivity index (χ1n) is 9.06. The van der Waals surface area contributed by atoms with E-state index in [1.807, 2.05) is 12.3 Å². The normalized spacial score (nSPS) is 22.6. The Kier molecular flexibility index (Phi) is 4.10. The number of aliphatic carboxylic acids is 1. The Bertz CT molecular complexity index is 1030. The highest BCUT2D eigenvalue weighted by Crippen LogP contribution is 2.45. The maximum absolute atomic E-state index is 12.4. The molecule has 1 saturated heterocycles. The number of amides is 1. The molecule has 0 saturated carbocycles. The predicted molar refractivity (Wildman–Crippen MR) is 105 cm³/mol. The van der Waals surface area contributed by atoms with Crippen LogP contribution in [-0.4, -0.2) is 48.3 Å². The first kappa shape index (κ1) is 17.3. The molecule has 0 bridgehead atoms. The summed E-state index contributed by atoms with van der Waals surface area (Å²) in [4.78, 5) is 31.9. The predicted octanol–water partition coefficient (Wildman–Crippen LogP) is 2.12. The smallest absolute Gasteiger partial charge is 0.353 e. The van der Waals surface area contributed by atoms with Gasteiger partial charge in [-0.15, -0.1) is 11.8 Å². The number of hydrogen-bond donors (Lipinski definition) is 1. The highest BCUT2D eigenvalue weighted by atomic mass is 32.2. The number of fused-ring (bicyclic) bond motifs is 2. The Labute approximate surface area is 166 Å². The Morgan fingerprint density at radius 2 is 2.11 bits per heavy atom. The number of benzene rings is 1. The molecule has 1 atom stereocenters. The molecule has 1 amide bonds. The summed E-state index contributed by atoms with van der Waals surface area (Å²) in [5, 5.41) is 10.4. The zero-order valence-corrected chi connectivity index (χ0v) is 15.8. The molecular weight excluding hydrogens is 376 g/mol. The molecule has 0 spiro atoms. The third-order valence-corrected chi connectivity index (χ3v) is 6.29. The fourth-order valence-corrected chi connectivity index (χ4v) is 4.91. The molecule has 3 aliphatic rings. The molecule has 4 heterocycles. The number of carbonyl (C=O) groups is 2. The third kappa shape index (κ3) is 2.85. The molecule has 0 radical (unpaired) electrons. The van der Waals surface area contributed by atoms with Crippen LogP contribution >= 0.6 is 11.8 Å². The van der Waals surface area contributed by atoms with E-state index in [0.29, 0.717) is 5.57 Å². The molecule has 1 unspecified atom stereocenters. The zero-order chi connectivity index (χ0) is 19.3. The molecule has 142 valence electrons. The van der Waals surface area contributed by atoms with E-state index < -0.39 is 5.97 Å². The number of aromatic nitrogens is 2. The van der Waals surface area contributed by atoms with Crippen molar-refractivity contribution in [3.8, 4) is 0 Å². The van der Waals surface area contributed by atoms with Crippen LogP contribution in [0.4, 0.5) is 0 Å². The molecule has 2 aromatic rings. The van der Waals surface area contributed by atoms with Crippen LogP contribution in [0.2, 0.25) is 0 Å². The van der Waals surface area contributed by atoms with Crippen LogP contribution in [0.5, 0.6) is 0 Å². The van der Waals surface area contributed by atoms with E-state index >= 15 is 0 Å². The Morgan fingerprint density at radius 1 is 1.29 bits per heavy atom. The summed E-state index contributed by atoms with van der Waals surface area (Å²) in [7, 11) is 0. The van der Waals surface area contributed by atoms with Crippen molar-refractivity contribution in [1.29, 1.82) is 0 Å². The van der Waals surface area contributed by atoms with Crippen LogP contribution < -0.4 is 0 Å². The lowest BCUT2D eigenvalue weighted by Gasteiger charge is -2.36. The Hall–Kier alpha value is -2.84. The molecule has 5 rings (SSSR count). The molecule has 3 aliphatic heterocycles. The van der Waals surface area contributed by atoms with Gasteiger partial charge in [0.05, 0.1) is 17.8 Å². The van der Waals surface area contributed by atoms with Crippen LogP contribution in [0.15, 0.2) is 53.2 Å². The number of β-lactam (4-membered cyclic amide) rings is 1. The highest BCUT2D eigenvalue weighted by Gasteiger charge is 2.49. The van der Waals surface area contributed by atoms with Crippen LogP contribution in [0.25, 0.3) is 6.08 Å². The van der Waals surface area contributed by atoms with E-state index in [2.05, 4.69) is 33.7 Å². The monoisotopic (exact) mass is 394 g/mol. The fraction of sp³-hybridized carbons (Fsp3) is 0.250. The van der Waals surface area contributed by atoms with Crippen molar-refractivity contribution < 1.29 is 14.7 Å². The summed E-state index contributed by atoms with van der Waals surface area (Å²) in [5.74, 6) is -0.334. The van der Waals surface area contributed by atoms with E-state index in [-0.39, 0.29) is 17.0 Å². The van der Waals surface area contributed by atoms with E-state index in [9.17, 15) is 9.59 Å². The van der Waals surface area contributed by atoms with Gasteiger partial charge in [-0.3, -0.25) is 14.6 Å². The second-order valence-corrected chi connectivity index (χ2v) is 8.00. The van der Waals surface area contributed by atoms with Gasteiger partial charge in [0.15, 0.2) is 0 Å². The van der Waals surface area contributed by atoms with Crippen LogP contribution in [-0.2, 0) is 29.2 Å². The van der Waals surface area contributed by atoms with Gasteiger partial charge in [0, 0.05) is 31.2 Å². The lowest BCUT2D eigenvalue weighted by molar-refractivity contribution is -0.141. The first-order valence-corrected chi connectivity index (χ1v) is 10.0. The largest absolute Gasteiger partial charge is 0.477 e. The summed E-state index contributed by atoms with van der Waals surface area (Å²) in [6.07, 6.45) is 3.77. The second kappa shape index (κ2) is 6.65. The molecule has 1 aromatic heterocycles. The van der Waals surface area contributed by atoms with Gasteiger partial charge < -0.3 is 9.67 Å². The molecule has 1 N–H and O–H groups in total. The van der Waals surface area contributed by atoms with E-state index in [1.54, 1.807) is 6.08 Å². The summed E-state index contributed by atoms with van der Waals surface area (Å²) in [6, 6.07) is 10.4. The maximum Gasteiger partial charge on any atom is 0.353 e. The standard InChI is InChI=1S/C20H18N4O3S/c25-18-15(19-24(18)16(12-28-19)20(26)27)8-14-10-23-7-6-22(11-17(23)21-14)9-13-4-2-1-3-5-13/h1-5,8,10,12,19H,6-7,9,11H2,(H,26,27). The number of thioether (sulfide) groups is 1. The first-order chi connectivity index (χ1) is 13.6. The molecule has 1 aromatic carbocycles. The maximum atomic E-state index is 12.4. The van der Waals surface area contributed by atoms with Crippen molar-refractivity contribution >= 4 is 29.7 Å². The average molecular weight is 394 g/mol. The molecular formula is C20H18N4O3S. The molecule has 1 fully saturated rings. The Balaban J connectivity index is 1.30. The minimum Gasteiger partial charge on any atom is -0.477 e. The number of rotatable bonds is 4. The molecule has 7 nitrogen and oxygen atoms in total. The summed E-state index contributed by atoms with van der Waals surface area (Å²) < 4.78 is 2.14. The van der Waals surface area contributed by atoms with Gasteiger partial charge in [0.25, 0.3) is 5.91 Å². The number of carboxylic acid groups (broad SMARTS) is 1. The van der Waals surface area contributed by atoms with Gasteiger partial charge in [-0.05, 0) is 11.6 Å². The average Bonchev–Trinajstić information content (AvgIpc) is 3.28. The van der Waals surface area contributed by atoms with E-state index in [4.69, 9.17) is 10.1 Å². The van der Waals surface area contributed by atoms with Gasteiger partial charge in [0.1, 0.15) is 16.9 Å². The van der Waals surface area contributed by atoms with Crippen molar-refractivity contribution in [3.63, 3.8) is 0 Å². The number of carbonyl (C=O) groups excluding carboxylic acids is 1. The number of nitrogens with zero attached hydrogens (tertiary/aromatic N) is 4. The Morgan fingerprint density at radius 3 is 2.89 bits per heavy atom. The van der Waals surface area contributed by atoms with Gasteiger partial charge in [-0.1, -0.05) is 30.3 Å². The van der Waals surface area contributed by atoms with Crippen LogP contribution in [0, 0.1) is 0 Å². The van der Waals surface area contributed by atoms with Crippen molar-refractivity contribution in [3.05, 3.63) is 70.3 Å². The minimum atomic E-state index is -1.07. The van der Waals surface area contributed by atoms with E-state index in [1.165, 1.54) is 27.6 Å². The van der Waals surface area contributed by atoms with Crippen molar-refractivity contribution in [2.75, 3.05) is 6.54 Å². The minimum absolute atomic E-state index is 0.0536. The molecule has 8 heteroatoms. The van der Waals surface area contributed by atoms with Crippen LogP contribution in [0.3, 0.4) is 0 Å². The number of imidazole rings is 1. The molecule has 0 aliphatic carbocycles.